The van der Waals surface area contributed by atoms with Crippen LogP contribution in [-0.2, 0) is 12.5 Å². The van der Waals surface area contributed by atoms with Crippen LogP contribution in [0.2, 0.25) is 0 Å². The normalized spacial score (nSPS) is 16.0. The van der Waals surface area contributed by atoms with E-state index in [0.717, 1.165) is 23.2 Å². The molecule has 0 spiro atoms. The van der Waals surface area contributed by atoms with E-state index in [2.05, 4.69) is 41.0 Å². The molecule has 3 heterocycles. The van der Waals surface area contributed by atoms with E-state index < -0.39 is 0 Å². The predicted octanol–water partition coefficient (Wildman–Crippen LogP) is 1.53. The number of carbonyl (C=O) groups is 1. The second kappa shape index (κ2) is 5.92. The quantitative estimate of drug-likeness (QED) is 0.833. The van der Waals surface area contributed by atoms with Crippen molar-refractivity contribution < 1.29 is 4.79 Å². The molecule has 124 valence electrons. The fourth-order valence-electron chi connectivity index (χ4n) is 2.49. The lowest BCUT2D eigenvalue weighted by Gasteiger charge is -2.34. The minimum atomic E-state index is 0.0211. The van der Waals surface area contributed by atoms with E-state index >= 15 is 0 Å². The Hall–Kier alpha value is -1.96. The van der Waals surface area contributed by atoms with E-state index in [0.29, 0.717) is 18.8 Å². The third kappa shape index (κ3) is 3.21. The Bertz CT molecular complexity index is 693. The standard InChI is InChI=1S/C15H22N6OS/c1-15(2,3)13-17-18-14(23-13)21-9-7-20(8-10-21)12(22)11-5-6-16-19(11)4/h5-6H,7-10H2,1-4H3. The van der Waals surface area contributed by atoms with Crippen molar-refractivity contribution in [3.8, 4) is 0 Å². The first-order valence-corrected chi connectivity index (χ1v) is 8.54. The number of aromatic nitrogens is 4. The lowest BCUT2D eigenvalue weighted by atomic mass is 9.98. The Morgan fingerprint density at radius 2 is 1.87 bits per heavy atom. The fraction of sp³-hybridized carbons (Fsp3) is 0.600. The van der Waals surface area contributed by atoms with Crippen LogP contribution in [-0.4, -0.2) is 57.0 Å². The number of hydrogen-bond acceptors (Lipinski definition) is 6. The molecule has 2 aromatic heterocycles. The summed E-state index contributed by atoms with van der Waals surface area (Å²) in [6.07, 6.45) is 1.65. The molecule has 0 atom stereocenters. The third-order valence-electron chi connectivity index (χ3n) is 3.93. The summed E-state index contributed by atoms with van der Waals surface area (Å²) in [7, 11) is 1.79. The van der Waals surface area contributed by atoms with Gasteiger partial charge < -0.3 is 9.80 Å². The molecule has 7 nitrogen and oxygen atoms in total. The molecule has 0 radical (unpaired) electrons. The molecular formula is C15H22N6OS. The van der Waals surface area contributed by atoms with E-state index in [1.165, 1.54) is 0 Å². The van der Waals surface area contributed by atoms with E-state index in [1.807, 2.05) is 4.90 Å². The first kappa shape index (κ1) is 15.9. The molecular weight excluding hydrogens is 312 g/mol. The van der Waals surface area contributed by atoms with Gasteiger partial charge in [-0.3, -0.25) is 9.48 Å². The highest BCUT2D eigenvalue weighted by molar-refractivity contribution is 7.15. The molecule has 8 heteroatoms. The Balaban J connectivity index is 1.63. The monoisotopic (exact) mass is 334 g/mol. The van der Waals surface area contributed by atoms with Gasteiger partial charge in [0.05, 0.1) is 0 Å². The van der Waals surface area contributed by atoms with Crippen molar-refractivity contribution in [2.75, 3.05) is 31.1 Å². The molecule has 1 fully saturated rings. The molecule has 3 rings (SSSR count). The molecule has 1 aliphatic heterocycles. The van der Waals surface area contributed by atoms with Crippen LogP contribution in [0.4, 0.5) is 5.13 Å². The summed E-state index contributed by atoms with van der Waals surface area (Å²) < 4.78 is 1.62. The van der Waals surface area contributed by atoms with Gasteiger partial charge in [-0.2, -0.15) is 5.10 Å². The SMILES string of the molecule is Cn1nccc1C(=O)N1CCN(c2nnc(C(C)(C)C)s2)CC1. The maximum absolute atomic E-state index is 12.5. The minimum Gasteiger partial charge on any atom is -0.343 e. The largest absolute Gasteiger partial charge is 0.343 e. The van der Waals surface area contributed by atoms with E-state index in [9.17, 15) is 4.79 Å². The minimum absolute atomic E-state index is 0.0211. The average Bonchev–Trinajstić information content (AvgIpc) is 3.15. The number of hydrogen-bond donors (Lipinski definition) is 0. The van der Waals surface area contributed by atoms with E-state index in [4.69, 9.17) is 0 Å². The van der Waals surface area contributed by atoms with Gasteiger partial charge in [0.25, 0.3) is 5.91 Å². The van der Waals surface area contributed by atoms with Gasteiger partial charge in [0.2, 0.25) is 5.13 Å². The van der Waals surface area contributed by atoms with Gasteiger partial charge in [-0.15, -0.1) is 10.2 Å². The first-order chi connectivity index (χ1) is 10.9. The second-order valence-corrected chi connectivity index (χ2v) is 7.72. The van der Waals surface area contributed by atoms with Gasteiger partial charge in [0.1, 0.15) is 10.7 Å². The number of anilines is 1. The van der Waals surface area contributed by atoms with Gasteiger partial charge >= 0.3 is 0 Å². The summed E-state index contributed by atoms with van der Waals surface area (Å²) in [6.45, 7) is 9.36. The maximum Gasteiger partial charge on any atom is 0.272 e. The summed E-state index contributed by atoms with van der Waals surface area (Å²) in [4.78, 5) is 16.6. The van der Waals surface area contributed by atoms with Crippen LogP contribution in [0.3, 0.4) is 0 Å². The summed E-state index contributed by atoms with van der Waals surface area (Å²) in [5.74, 6) is 0.0392. The lowest BCUT2D eigenvalue weighted by molar-refractivity contribution is 0.0735. The number of piperazine rings is 1. The van der Waals surface area contributed by atoms with Gasteiger partial charge in [-0.25, -0.2) is 0 Å². The highest BCUT2D eigenvalue weighted by Gasteiger charge is 2.27. The van der Waals surface area contributed by atoms with Crippen molar-refractivity contribution >= 4 is 22.4 Å². The summed E-state index contributed by atoms with van der Waals surface area (Å²) in [5.41, 5.74) is 0.650. The van der Waals surface area contributed by atoms with Gasteiger partial charge in [0, 0.05) is 44.8 Å². The van der Waals surface area contributed by atoms with Crippen LogP contribution in [0.5, 0.6) is 0 Å². The highest BCUT2D eigenvalue weighted by atomic mass is 32.1. The Morgan fingerprint density at radius 3 is 2.39 bits per heavy atom. The summed E-state index contributed by atoms with van der Waals surface area (Å²) >= 11 is 1.64. The Morgan fingerprint density at radius 1 is 1.17 bits per heavy atom. The van der Waals surface area contributed by atoms with Crippen molar-refractivity contribution in [2.45, 2.75) is 26.2 Å². The molecule has 2 aromatic rings. The van der Waals surface area contributed by atoms with Crippen molar-refractivity contribution in [1.82, 2.24) is 24.9 Å². The molecule has 0 saturated carbocycles. The molecule has 0 unspecified atom stereocenters. The molecule has 0 aromatic carbocycles. The van der Waals surface area contributed by atoms with Crippen molar-refractivity contribution in [2.24, 2.45) is 7.05 Å². The van der Waals surface area contributed by atoms with E-state index in [1.54, 1.807) is 35.3 Å². The van der Waals surface area contributed by atoms with Gasteiger partial charge in [-0.1, -0.05) is 32.1 Å². The zero-order valence-electron chi connectivity index (χ0n) is 14.0. The maximum atomic E-state index is 12.5. The first-order valence-electron chi connectivity index (χ1n) is 7.72. The smallest absolute Gasteiger partial charge is 0.272 e. The van der Waals surface area contributed by atoms with Crippen molar-refractivity contribution in [3.63, 3.8) is 0 Å². The second-order valence-electron chi connectivity index (χ2n) is 6.76. The molecule has 23 heavy (non-hydrogen) atoms. The molecule has 0 aliphatic carbocycles. The number of carbonyl (C=O) groups excluding carboxylic acids is 1. The van der Waals surface area contributed by atoms with Crippen LogP contribution in [0.1, 0.15) is 36.3 Å². The Kier molecular flexibility index (Phi) is 4.09. The molecule has 1 saturated heterocycles. The van der Waals surface area contributed by atoms with Crippen molar-refractivity contribution in [1.29, 1.82) is 0 Å². The number of rotatable bonds is 2. The molecule has 0 bridgehead atoms. The number of amides is 1. The lowest BCUT2D eigenvalue weighted by Crippen LogP contribution is -2.49. The van der Waals surface area contributed by atoms with Crippen LogP contribution >= 0.6 is 11.3 Å². The van der Waals surface area contributed by atoms with Crippen LogP contribution in [0.25, 0.3) is 0 Å². The average molecular weight is 334 g/mol. The molecule has 1 aliphatic rings. The zero-order valence-corrected chi connectivity index (χ0v) is 14.8. The van der Waals surface area contributed by atoms with Crippen LogP contribution < -0.4 is 4.90 Å². The molecule has 1 amide bonds. The summed E-state index contributed by atoms with van der Waals surface area (Å²) in [5, 5.41) is 14.7. The zero-order chi connectivity index (χ0) is 16.6. The van der Waals surface area contributed by atoms with Crippen molar-refractivity contribution in [3.05, 3.63) is 23.0 Å². The van der Waals surface area contributed by atoms with Crippen LogP contribution in [0.15, 0.2) is 12.3 Å². The number of nitrogens with zero attached hydrogens (tertiary/aromatic N) is 6. The summed E-state index contributed by atoms with van der Waals surface area (Å²) in [6, 6.07) is 1.76. The third-order valence-corrected chi connectivity index (χ3v) is 5.34. The fourth-order valence-corrected chi connectivity index (χ4v) is 3.45. The molecule has 0 N–H and O–H groups in total. The van der Waals surface area contributed by atoms with Gasteiger partial charge in [0.15, 0.2) is 0 Å². The topological polar surface area (TPSA) is 67.2 Å². The van der Waals surface area contributed by atoms with Gasteiger partial charge in [-0.05, 0) is 6.07 Å². The van der Waals surface area contributed by atoms with E-state index in [-0.39, 0.29) is 11.3 Å². The predicted molar refractivity (Wildman–Crippen MR) is 89.9 cm³/mol. The number of aryl methyl sites for hydroxylation is 1. The Labute approximate surface area is 139 Å². The van der Waals surface area contributed by atoms with Crippen LogP contribution in [0, 0.1) is 0 Å². The highest BCUT2D eigenvalue weighted by Crippen LogP contribution is 2.30.